The van der Waals surface area contributed by atoms with Gasteiger partial charge in [-0.1, -0.05) is 12.1 Å². The quantitative estimate of drug-likeness (QED) is 0.483. The average Bonchev–Trinajstić information content (AvgIpc) is 2.66. The average molecular weight is 414 g/mol. The molecule has 0 aliphatic rings. The van der Waals surface area contributed by atoms with E-state index in [0.29, 0.717) is 16.9 Å². The molecule has 29 heavy (non-hydrogen) atoms. The number of aryl methyl sites for hydroxylation is 1. The van der Waals surface area contributed by atoms with Gasteiger partial charge in [-0.2, -0.15) is 0 Å². The lowest BCUT2D eigenvalue weighted by Crippen LogP contribution is -2.18. The Labute approximate surface area is 173 Å². The Morgan fingerprint density at radius 1 is 0.931 bits per heavy atom. The van der Waals surface area contributed by atoms with Gasteiger partial charge in [-0.15, -0.1) is 11.8 Å². The van der Waals surface area contributed by atoms with Crippen LogP contribution in [0.5, 0.6) is 0 Å². The SMILES string of the molecule is CC(=O)Nc1ccc(C(=O)COC(=O)CSCC(=O)Nc2cccc(C)c2)cc1. The molecule has 0 atom stereocenters. The highest BCUT2D eigenvalue weighted by atomic mass is 32.2. The second-order valence-electron chi connectivity index (χ2n) is 6.25. The Kier molecular flexibility index (Phi) is 8.42. The summed E-state index contributed by atoms with van der Waals surface area (Å²) in [7, 11) is 0. The molecule has 2 N–H and O–H groups in total. The summed E-state index contributed by atoms with van der Waals surface area (Å²) in [5, 5.41) is 5.35. The third-order valence-electron chi connectivity index (χ3n) is 3.65. The van der Waals surface area contributed by atoms with Crippen molar-refractivity contribution in [2.45, 2.75) is 13.8 Å². The Bertz CT molecular complexity index is 896. The van der Waals surface area contributed by atoms with Crippen molar-refractivity contribution in [3.8, 4) is 0 Å². The molecule has 2 aromatic carbocycles. The second-order valence-corrected chi connectivity index (χ2v) is 7.24. The molecule has 0 spiro atoms. The standard InChI is InChI=1S/C21H22N2O5S/c1-14-4-3-5-18(10-14)23-20(26)12-29-13-21(27)28-11-19(25)16-6-8-17(9-7-16)22-15(2)24/h3-10H,11-13H2,1-2H3,(H,22,24)(H,23,26). The Morgan fingerprint density at radius 3 is 2.31 bits per heavy atom. The highest BCUT2D eigenvalue weighted by molar-refractivity contribution is 8.00. The van der Waals surface area contributed by atoms with E-state index in [4.69, 9.17) is 4.74 Å². The molecule has 152 valence electrons. The minimum Gasteiger partial charge on any atom is -0.457 e. The van der Waals surface area contributed by atoms with Crippen molar-refractivity contribution in [1.29, 1.82) is 0 Å². The first-order valence-electron chi connectivity index (χ1n) is 8.84. The van der Waals surface area contributed by atoms with Gasteiger partial charge in [-0.25, -0.2) is 0 Å². The van der Waals surface area contributed by atoms with E-state index < -0.39 is 5.97 Å². The minimum absolute atomic E-state index is 0.0318. The van der Waals surface area contributed by atoms with E-state index in [1.165, 1.54) is 6.92 Å². The minimum atomic E-state index is -0.568. The van der Waals surface area contributed by atoms with Gasteiger partial charge in [-0.05, 0) is 48.9 Å². The molecule has 2 rings (SSSR count). The van der Waals surface area contributed by atoms with Gasteiger partial charge in [0, 0.05) is 23.9 Å². The van der Waals surface area contributed by atoms with E-state index in [9.17, 15) is 19.2 Å². The third kappa shape index (κ3) is 8.18. The number of carbonyl (C=O) groups excluding carboxylic acids is 4. The molecule has 0 radical (unpaired) electrons. The molecule has 0 fully saturated rings. The molecule has 0 aliphatic heterocycles. The van der Waals surface area contributed by atoms with Crippen LogP contribution in [-0.4, -0.2) is 41.7 Å². The molecule has 2 amide bonds. The summed E-state index contributed by atoms with van der Waals surface area (Å²) in [6.07, 6.45) is 0. The first kappa shape index (κ1) is 22.2. The number of thioether (sulfide) groups is 1. The molecule has 8 heteroatoms. The van der Waals surface area contributed by atoms with Gasteiger partial charge in [0.15, 0.2) is 12.4 Å². The van der Waals surface area contributed by atoms with Crippen LogP contribution in [0.3, 0.4) is 0 Å². The van der Waals surface area contributed by atoms with E-state index in [1.807, 2.05) is 25.1 Å². The van der Waals surface area contributed by atoms with Crippen molar-refractivity contribution >= 4 is 46.7 Å². The number of amides is 2. The van der Waals surface area contributed by atoms with Crippen LogP contribution in [0.15, 0.2) is 48.5 Å². The van der Waals surface area contributed by atoms with Gasteiger partial charge in [0.2, 0.25) is 11.8 Å². The van der Waals surface area contributed by atoms with Gasteiger partial charge >= 0.3 is 5.97 Å². The number of hydrogen-bond donors (Lipinski definition) is 2. The number of Topliss-reactive ketones (excluding diaryl/α,β-unsaturated/α-hetero) is 1. The van der Waals surface area contributed by atoms with Crippen molar-refractivity contribution in [2.24, 2.45) is 0 Å². The smallest absolute Gasteiger partial charge is 0.316 e. The number of nitrogens with one attached hydrogen (secondary N) is 2. The maximum atomic E-state index is 12.1. The van der Waals surface area contributed by atoms with Crippen LogP contribution in [0.4, 0.5) is 11.4 Å². The number of hydrogen-bond acceptors (Lipinski definition) is 6. The van der Waals surface area contributed by atoms with Crippen LogP contribution in [-0.2, 0) is 19.1 Å². The van der Waals surface area contributed by atoms with E-state index >= 15 is 0 Å². The number of carbonyl (C=O) groups is 4. The number of esters is 1. The lowest BCUT2D eigenvalue weighted by atomic mass is 10.1. The van der Waals surface area contributed by atoms with Crippen LogP contribution in [0.2, 0.25) is 0 Å². The fourth-order valence-corrected chi connectivity index (χ4v) is 2.97. The molecule has 0 bridgehead atoms. The molecule has 2 aromatic rings. The van der Waals surface area contributed by atoms with Crippen molar-refractivity contribution in [2.75, 3.05) is 28.7 Å². The van der Waals surface area contributed by atoms with E-state index in [2.05, 4.69) is 10.6 Å². The van der Waals surface area contributed by atoms with Crippen molar-refractivity contribution in [3.05, 3.63) is 59.7 Å². The molecule has 0 aliphatic carbocycles. The lowest BCUT2D eigenvalue weighted by molar-refractivity contribution is -0.139. The summed E-state index contributed by atoms with van der Waals surface area (Å²) in [6, 6.07) is 13.7. The molecular formula is C21H22N2O5S. The summed E-state index contributed by atoms with van der Waals surface area (Å²) in [5.74, 6) is -1.28. The normalized spacial score (nSPS) is 10.1. The van der Waals surface area contributed by atoms with E-state index in [0.717, 1.165) is 17.3 Å². The predicted octanol–water partition coefficient (Wildman–Crippen LogP) is 3.05. The van der Waals surface area contributed by atoms with E-state index in [-0.39, 0.29) is 35.7 Å². The van der Waals surface area contributed by atoms with Crippen molar-refractivity contribution in [3.63, 3.8) is 0 Å². The molecular weight excluding hydrogens is 392 g/mol. The molecule has 0 saturated carbocycles. The Balaban J connectivity index is 1.68. The molecule has 7 nitrogen and oxygen atoms in total. The summed E-state index contributed by atoms with van der Waals surface area (Å²) >= 11 is 1.11. The Morgan fingerprint density at radius 2 is 1.66 bits per heavy atom. The molecule has 0 unspecified atom stereocenters. The number of ketones is 1. The lowest BCUT2D eigenvalue weighted by Gasteiger charge is -2.07. The van der Waals surface area contributed by atoms with Crippen molar-refractivity contribution in [1.82, 2.24) is 0 Å². The van der Waals surface area contributed by atoms with E-state index in [1.54, 1.807) is 30.3 Å². The summed E-state index contributed by atoms with van der Waals surface area (Å²) in [6.45, 7) is 2.94. The van der Waals surface area contributed by atoms with Crippen LogP contribution < -0.4 is 10.6 Å². The summed E-state index contributed by atoms with van der Waals surface area (Å²) < 4.78 is 4.96. The van der Waals surface area contributed by atoms with Gasteiger partial charge in [0.25, 0.3) is 0 Å². The zero-order valence-electron chi connectivity index (χ0n) is 16.2. The van der Waals surface area contributed by atoms with Gasteiger partial charge in [-0.3, -0.25) is 19.2 Å². The van der Waals surface area contributed by atoms with Gasteiger partial charge in [0.05, 0.1) is 11.5 Å². The predicted molar refractivity (Wildman–Crippen MR) is 113 cm³/mol. The van der Waals surface area contributed by atoms with Crippen molar-refractivity contribution < 1.29 is 23.9 Å². The zero-order valence-corrected chi connectivity index (χ0v) is 17.0. The highest BCUT2D eigenvalue weighted by Crippen LogP contribution is 2.12. The fourth-order valence-electron chi connectivity index (χ4n) is 2.36. The first-order valence-corrected chi connectivity index (χ1v) is 9.99. The number of ether oxygens (including phenoxy) is 1. The Hall–Kier alpha value is -3.13. The number of rotatable bonds is 9. The molecule has 0 aromatic heterocycles. The number of anilines is 2. The molecule has 0 saturated heterocycles. The first-order chi connectivity index (χ1) is 13.8. The van der Waals surface area contributed by atoms with Gasteiger partial charge < -0.3 is 15.4 Å². The maximum absolute atomic E-state index is 12.1. The maximum Gasteiger partial charge on any atom is 0.316 e. The number of benzene rings is 2. The third-order valence-corrected chi connectivity index (χ3v) is 4.55. The topological polar surface area (TPSA) is 102 Å². The van der Waals surface area contributed by atoms with Gasteiger partial charge in [0.1, 0.15) is 0 Å². The second kappa shape index (κ2) is 11.0. The van der Waals surface area contributed by atoms with Crippen LogP contribution in [0.25, 0.3) is 0 Å². The fraction of sp³-hybridized carbons (Fsp3) is 0.238. The summed E-state index contributed by atoms with van der Waals surface area (Å²) in [5.41, 5.74) is 2.69. The van der Waals surface area contributed by atoms with Crippen LogP contribution in [0.1, 0.15) is 22.8 Å². The molecule has 0 heterocycles. The monoisotopic (exact) mass is 414 g/mol. The summed E-state index contributed by atoms with van der Waals surface area (Å²) in [4.78, 5) is 46.7. The highest BCUT2D eigenvalue weighted by Gasteiger charge is 2.11. The van der Waals surface area contributed by atoms with Crippen LogP contribution in [0, 0.1) is 6.92 Å². The zero-order chi connectivity index (χ0) is 21.2. The van der Waals surface area contributed by atoms with Crippen LogP contribution >= 0.6 is 11.8 Å². The largest absolute Gasteiger partial charge is 0.457 e.